The van der Waals surface area contributed by atoms with Crippen LogP contribution in [0.1, 0.15) is 21.7 Å². The van der Waals surface area contributed by atoms with Crippen LogP contribution in [0.4, 0.5) is 5.82 Å². The van der Waals surface area contributed by atoms with Crippen molar-refractivity contribution in [2.24, 2.45) is 0 Å². The fraction of sp³-hybridized carbons (Fsp3) is 0.200. The van der Waals surface area contributed by atoms with Gasteiger partial charge in [-0.2, -0.15) is 0 Å². The maximum absolute atomic E-state index is 12.2. The normalized spacial score (nSPS) is 10.2. The summed E-state index contributed by atoms with van der Waals surface area (Å²) in [4.78, 5) is 24.7. The average molecular weight is 379 g/mol. The number of benzene rings is 1. The maximum atomic E-state index is 12.2. The Morgan fingerprint density at radius 1 is 0.964 bits per heavy atom. The van der Waals surface area contributed by atoms with Crippen LogP contribution >= 0.6 is 0 Å². The summed E-state index contributed by atoms with van der Waals surface area (Å²) in [5.41, 5.74) is 2.02. The van der Waals surface area contributed by atoms with Crippen molar-refractivity contribution in [1.82, 2.24) is 20.3 Å². The molecule has 2 N–H and O–H groups in total. The van der Waals surface area contributed by atoms with E-state index in [1.54, 1.807) is 20.4 Å². The van der Waals surface area contributed by atoms with Crippen molar-refractivity contribution in [3.8, 4) is 11.5 Å². The molecule has 0 atom stereocenters. The number of pyridine rings is 1. The minimum atomic E-state index is -0.301. The molecule has 1 amide bonds. The van der Waals surface area contributed by atoms with E-state index in [0.29, 0.717) is 30.4 Å². The fourth-order valence-electron chi connectivity index (χ4n) is 2.48. The van der Waals surface area contributed by atoms with Crippen molar-refractivity contribution < 1.29 is 14.3 Å². The lowest BCUT2D eigenvalue weighted by atomic mass is 10.2. The molecule has 28 heavy (non-hydrogen) atoms. The highest BCUT2D eigenvalue weighted by Gasteiger charge is 2.09. The van der Waals surface area contributed by atoms with E-state index in [1.165, 1.54) is 12.4 Å². The topological polar surface area (TPSA) is 98.3 Å². The smallest absolute Gasteiger partial charge is 0.271 e. The van der Waals surface area contributed by atoms with E-state index in [0.717, 1.165) is 11.3 Å². The van der Waals surface area contributed by atoms with Gasteiger partial charge in [-0.05, 0) is 29.8 Å². The number of rotatable bonds is 8. The summed E-state index contributed by atoms with van der Waals surface area (Å²) >= 11 is 0. The van der Waals surface area contributed by atoms with Crippen LogP contribution in [0.15, 0.2) is 55.0 Å². The molecule has 0 unspecified atom stereocenters. The van der Waals surface area contributed by atoms with Crippen molar-refractivity contribution in [1.29, 1.82) is 0 Å². The first kappa shape index (κ1) is 19.1. The second kappa shape index (κ2) is 9.31. The van der Waals surface area contributed by atoms with Gasteiger partial charge >= 0.3 is 0 Å². The number of hydrogen-bond acceptors (Lipinski definition) is 7. The number of nitrogens with one attached hydrogen (secondary N) is 2. The van der Waals surface area contributed by atoms with E-state index < -0.39 is 0 Å². The molecule has 0 radical (unpaired) electrons. The second-order valence-electron chi connectivity index (χ2n) is 5.83. The number of anilines is 1. The quantitative estimate of drug-likeness (QED) is 0.620. The number of aromatic nitrogens is 3. The first-order chi connectivity index (χ1) is 13.7. The predicted octanol–water partition coefficient (Wildman–Crippen LogP) is 2.43. The van der Waals surface area contributed by atoms with Crippen LogP contribution in [0.5, 0.6) is 11.5 Å². The summed E-state index contributed by atoms with van der Waals surface area (Å²) < 4.78 is 10.5. The van der Waals surface area contributed by atoms with E-state index in [2.05, 4.69) is 25.6 Å². The van der Waals surface area contributed by atoms with Gasteiger partial charge in [-0.25, -0.2) is 9.97 Å². The third-order valence-electron chi connectivity index (χ3n) is 3.96. The van der Waals surface area contributed by atoms with Crippen LogP contribution in [0, 0.1) is 0 Å². The molecular weight excluding hydrogens is 358 g/mol. The zero-order chi connectivity index (χ0) is 19.8. The number of nitrogens with zero attached hydrogens (tertiary/aromatic N) is 3. The lowest BCUT2D eigenvalue weighted by Gasteiger charge is -2.10. The van der Waals surface area contributed by atoms with E-state index >= 15 is 0 Å². The summed E-state index contributed by atoms with van der Waals surface area (Å²) in [6.07, 6.45) is 4.64. The minimum Gasteiger partial charge on any atom is -0.493 e. The van der Waals surface area contributed by atoms with Crippen molar-refractivity contribution in [3.05, 3.63) is 71.9 Å². The lowest BCUT2D eigenvalue weighted by molar-refractivity contribution is 0.0945. The molecule has 8 nitrogen and oxygen atoms in total. The minimum absolute atomic E-state index is 0.243. The molecule has 0 aliphatic rings. The lowest BCUT2D eigenvalue weighted by Crippen LogP contribution is -2.24. The van der Waals surface area contributed by atoms with Gasteiger partial charge in [-0.1, -0.05) is 12.1 Å². The third kappa shape index (κ3) is 4.94. The molecule has 0 aliphatic heterocycles. The van der Waals surface area contributed by atoms with Crippen molar-refractivity contribution in [2.75, 3.05) is 19.5 Å². The van der Waals surface area contributed by atoms with Gasteiger partial charge in [0.2, 0.25) is 0 Å². The van der Waals surface area contributed by atoms with Crippen LogP contribution in [-0.4, -0.2) is 35.1 Å². The van der Waals surface area contributed by atoms with Gasteiger partial charge in [0.25, 0.3) is 5.91 Å². The number of carbonyl (C=O) groups is 1. The Kier molecular flexibility index (Phi) is 6.35. The Morgan fingerprint density at radius 3 is 2.50 bits per heavy atom. The molecule has 0 saturated carbocycles. The van der Waals surface area contributed by atoms with Crippen molar-refractivity contribution >= 4 is 11.7 Å². The van der Waals surface area contributed by atoms with E-state index in [-0.39, 0.29) is 11.6 Å². The molecular formula is C20H21N5O3. The number of carbonyl (C=O) groups excluding carboxylic acids is 1. The Morgan fingerprint density at radius 2 is 1.82 bits per heavy atom. The number of hydrogen-bond donors (Lipinski definition) is 2. The van der Waals surface area contributed by atoms with Crippen LogP contribution < -0.4 is 20.1 Å². The molecule has 0 spiro atoms. The van der Waals surface area contributed by atoms with Gasteiger partial charge in [0.15, 0.2) is 11.5 Å². The van der Waals surface area contributed by atoms with Gasteiger partial charge < -0.3 is 20.1 Å². The second-order valence-corrected chi connectivity index (χ2v) is 5.83. The number of ether oxygens (including phenoxy) is 2. The van der Waals surface area contributed by atoms with E-state index in [9.17, 15) is 4.79 Å². The zero-order valence-electron chi connectivity index (χ0n) is 15.7. The maximum Gasteiger partial charge on any atom is 0.271 e. The highest BCUT2D eigenvalue weighted by Crippen LogP contribution is 2.27. The average Bonchev–Trinajstić information content (AvgIpc) is 2.76. The first-order valence-electron chi connectivity index (χ1n) is 8.64. The SMILES string of the molecule is COc1ccc(CNc2cnc(C(=O)NCc3ccccn3)cn2)cc1OC. The van der Waals surface area contributed by atoms with Crippen LogP contribution in [-0.2, 0) is 13.1 Å². The Balaban J connectivity index is 1.55. The largest absolute Gasteiger partial charge is 0.493 e. The number of methoxy groups -OCH3 is 2. The van der Waals surface area contributed by atoms with Gasteiger partial charge in [0, 0.05) is 12.7 Å². The summed E-state index contributed by atoms with van der Waals surface area (Å²) in [7, 11) is 3.19. The van der Waals surface area contributed by atoms with E-state index in [1.807, 2.05) is 36.4 Å². The monoisotopic (exact) mass is 379 g/mol. The molecule has 2 heterocycles. The summed E-state index contributed by atoms with van der Waals surface area (Å²) in [6.45, 7) is 0.862. The highest BCUT2D eigenvalue weighted by atomic mass is 16.5. The molecule has 0 aliphatic carbocycles. The van der Waals surface area contributed by atoms with Gasteiger partial charge in [-0.3, -0.25) is 9.78 Å². The molecule has 0 bridgehead atoms. The fourth-order valence-corrected chi connectivity index (χ4v) is 2.48. The zero-order valence-corrected chi connectivity index (χ0v) is 15.7. The molecule has 0 fully saturated rings. The van der Waals surface area contributed by atoms with Crippen molar-refractivity contribution in [2.45, 2.75) is 13.1 Å². The highest BCUT2D eigenvalue weighted by molar-refractivity contribution is 5.91. The Hall–Kier alpha value is -3.68. The predicted molar refractivity (Wildman–Crippen MR) is 104 cm³/mol. The third-order valence-corrected chi connectivity index (χ3v) is 3.96. The van der Waals surface area contributed by atoms with E-state index in [4.69, 9.17) is 9.47 Å². The molecule has 144 valence electrons. The van der Waals surface area contributed by atoms with Crippen LogP contribution in [0.3, 0.4) is 0 Å². The molecule has 3 aromatic rings. The molecule has 3 rings (SSSR count). The van der Waals surface area contributed by atoms with Crippen LogP contribution in [0.2, 0.25) is 0 Å². The molecule has 8 heteroatoms. The summed E-state index contributed by atoms with van der Waals surface area (Å²) in [6, 6.07) is 11.2. The molecule has 2 aromatic heterocycles. The van der Waals surface area contributed by atoms with Crippen LogP contribution in [0.25, 0.3) is 0 Å². The van der Waals surface area contributed by atoms with Gasteiger partial charge in [0.1, 0.15) is 11.5 Å². The Labute approximate surface area is 163 Å². The number of amides is 1. The van der Waals surface area contributed by atoms with Crippen molar-refractivity contribution in [3.63, 3.8) is 0 Å². The molecule has 1 aromatic carbocycles. The summed E-state index contributed by atoms with van der Waals surface area (Å²) in [5.74, 6) is 1.60. The van der Waals surface area contributed by atoms with Gasteiger partial charge in [-0.15, -0.1) is 0 Å². The molecule has 0 saturated heterocycles. The first-order valence-corrected chi connectivity index (χ1v) is 8.64. The Bertz CT molecular complexity index is 917. The van der Waals surface area contributed by atoms with Gasteiger partial charge in [0.05, 0.1) is 38.9 Å². The standard InChI is InChI=1S/C20H21N5O3/c1-27-17-7-6-14(9-18(17)28-2)10-23-19-13-22-16(12-24-19)20(26)25-11-15-5-3-4-8-21-15/h3-9,12-13H,10-11H2,1-2H3,(H,23,24)(H,25,26). The summed E-state index contributed by atoms with van der Waals surface area (Å²) in [5, 5.41) is 5.93.